The van der Waals surface area contributed by atoms with Crippen LogP contribution >= 0.6 is 0 Å². The summed E-state index contributed by atoms with van der Waals surface area (Å²) in [7, 11) is -4.59. The Morgan fingerprint density at radius 3 is 1.88 bits per heavy atom. The van der Waals surface area contributed by atoms with E-state index in [1.807, 2.05) is 18.2 Å². The second-order valence-corrected chi connectivity index (χ2v) is 9.44. The van der Waals surface area contributed by atoms with Crippen LogP contribution in [-0.4, -0.2) is 13.0 Å². The van der Waals surface area contributed by atoms with Crippen LogP contribution in [0.2, 0.25) is 0 Å². The van der Waals surface area contributed by atoms with Crippen molar-refractivity contribution >= 4 is 10.1 Å². The van der Waals surface area contributed by atoms with Crippen LogP contribution in [0.4, 0.5) is 0 Å². The Morgan fingerprint density at radius 1 is 0.812 bits per heavy atom. The Labute approximate surface area is 236 Å². The minimum absolute atomic E-state index is 0. The number of hydrogen-bond donors (Lipinski definition) is 1. The van der Waals surface area contributed by atoms with Crippen LogP contribution in [0, 0.1) is 0 Å². The van der Waals surface area contributed by atoms with Crippen LogP contribution in [0.25, 0.3) is 0 Å². The molecule has 0 aliphatic heterocycles. The van der Waals surface area contributed by atoms with Gasteiger partial charge < -0.3 is 9.84 Å². The fourth-order valence-electron chi connectivity index (χ4n) is 3.77. The number of para-hydroxylation sites is 1. The molecule has 5 nitrogen and oxygen atoms in total. The number of benzene rings is 2. The second-order valence-electron chi connectivity index (χ2n) is 8.09. The molecule has 32 heavy (non-hydrogen) atoms. The average molecular weight is 487 g/mol. The van der Waals surface area contributed by atoms with Gasteiger partial charge in [-0.3, -0.25) is 4.55 Å². The first-order valence-electron chi connectivity index (χ1n) is 11.5. The van der Waals surface area contributed by atoms with Gasteiger partial charge in [-0.15, -0.1) is 0 Å². The molecule has 0 aromatic heterocycles. The Morgan fingerprint density at radius 2 is 1.34 bits per heavy atom. The molecule has 0 atom stereocenters. The van der Waals surface area contributed by atoms with Crippen molar-refractivity contribution in [3.05, 3.63) is 48.0 Å². The molecule has 172 valence electrons. The van der Waals surface area contributed by atoms with Gasteiger partial charge in [0, 0.05) is 0 Å². The molecule has 0 fully saturated rings. The molecule has 0 heterocycles. The van der Waals surface area contributed by atoms with Gasteiger partial charge in [0.15, 0.2) is 0 Å². The molecule has 0 spiro atoms. The van der Waals surface area contributed by atoms with E-state index in [2.05, 4.69) is 6.92 Å². The summed E-state index contributed by atoms with van der Waals surface area (Å²) in [6, 6.07) is 11.6. The number of hydrogen-bond acceptors (Lipinski definition) is 4. The molecule has 7 heteroatoms. The normalized spacial score (nSPS) is 11.2. The number of aryl methyl sites for hydroxylation is 1. The van der Waals surface area contributed by atoms with E-state index in [1.165, 1.54) is 51.4 Å². The van der Waals surface area contributed by atoms with Crippen LogP contribution in [0.15, 0.2) is 47.4 Å². The van der Waals surface area contributed by atoms with Crippen molar-refractivity contribution in [3.8, 4) is 17.2 Å². The monoisotopic (exact) mass is 486 g/mol. The predicted molar refractivity (Wildman–Crippen MR) is 122 cm³/mol. The topological polar surface area (TPSA) is 86.7 Å². The Balaban J connectivity index is 0.00000512. The SMILES string of the molecule is CCCCCCCCCCCCCc1cc(Oc2ccccc2)cc([O-])c1S(=O)(=O)O.[K+]. The third-order valence-electron chi connectivity index (χ3n) is 5.39. The van der Waals surface area contributed by atoms with Gasteiger partial charge in [-0.25, -0.2) is 0 Å². The van der Waals surface area contributed by atoms with Crippen LogP contribution in [0.1, 0.15) is 83.1 Å². The summed E-state index contributed by atoms with van der Waals surface area (Å²) in [5.41, 5.74) is 0.317. The van der Waals surface area contributed by atoms with Gasteiger partial charge in [0.05, 0.1) is 4.90 Å². The summed E-state index contributed by atoms with van der Waals surface area (Å²) in [4.78, 5) is -0.528. The maximum absolute atomic E-state index is 12.4. The molecular weight excluding hydrogens is 451 g/mol. The largest absolute Gasteiger partial charge is 1.00 e. The van der Waals surface area contributed by atoms with Crippen LogP contribution in [0.3, 0.4) is 0 Å². The first kappa shape index (κ1) is 29.6. The minimum Gasteiger partial charge on any atom is -0.871 e. The van der Waals surface area contributed by atoms with Gasteiger partial charge in [0.25, 0.3) is 10.1 Å². The zero-order chi connectivity index (χ0) is 22.5. The number of rotatable bonds is 15. The third kappa shape index (κ3) is 11.1. The number of unbranched alkanes of at least 4 members (excludes halogenated alkanes) is 10. The quantitative estimate of drug-likeness (QED) is 0.236. The maximum atomic E-state index is 12.4. The summed E-state index contributed by atoms with van der Waals surface area (Å²) in [6.45, 7) is 2.23. The van der Waals surface area contributed by atoms with Gasteiger partial charge >= 0.3 is 51.4 Å². The predicted octanol–water partition coefficient (Wildman–Crippen LogP) is 3.66. The Hall–Kier alpha value is -0.414. The summed E-state index contributed by atoms with van der Waals surface area (Å²) in [5.74, 6) is 0.0952. The standard InChI is InChI=1S/C25H36O5S.K/c1-2-3-4-5-6-7-8-9-10-11-13-16-21-19-23(30-22-17-14-12-15-18-22)20-24(26)25(21)31(27,28)29;/h12,14-15,17-20,26H,2-11,13,16H2,1H3,(H,27,28,29);/q;+1/p-1. The molecule has 0 aliphatic carbocycles. The molecule has 0 unspecified atom stereocenters. The molecule has 0 saturated heterocycles. The van der Waals surface area contributed by atoms with Crippen molar-refractivity contribution < 1.29 is 74.2 Å². The fourth-order valence-corrected chi connectivity index (χ4v) is 4.58. The van der Waals surface area contributed by atoms with E-state index < -0.39 is 20.8 Å². The van der Waals surface area contributed by atoms with Crippen LogP contribution in [-0.2, 0) is 16.5 Å². The summed E-state index contributed by atoms with van der Waals surface area (Å²) in [6.07, 6.45) is 13.4. The molecule has 0 aliphatic rings. The Bertz CT molecular complexity index is 885. The van der Waals surface area contributed by atoms with E-state index in [9.17, 15) is 18.1 Å². The van der Waals surface area contributed by atoms with Gasteiger partial charge in [0.1, 0.15) is 11.5 Å². The van der Waals surface area contributed by atoms with E-state index in [0.717, 1.165) is 25.3 Å². The zero-order valence-corrected chi connectivity index (χ0v) is 23.5. The molecule has 2 aromatic rings. The second kappa shape index (κ2) is 16.3. The van der Waals surface area contributed by atoms with Gasteiger partial charge in [-0.1, -0.05) is 95.1 Å². The summed E-state index contributed by atoms with van der Waals surface area (Å²) in [5, 5.41) is 12.4. The van der Waals surface area contributed by atoms with Crippen molar-refractivity contribution in [1.29, 1.82) is 0 Å². The molecule has 2 aromatic carbocycles. The molecule has 2 rings (SSSR count). The average Bonchev–Trinajstić information content (AvgIpc) is 2.71. The minimum atomic E-state index is -4.59. The molecule has 0 saturated carbocycles. The summed E-state index contributed by atoms with van der Waals surface area (Å²) < 4.78 is 38.8. The van der Waals surface area contributed by atoms with Gasteiger partial charge in [0.2, 0.25) is 0 Å². The van der Waals surface area contributed by atoms with E-state index >= 15 is 0 Å². The van der Waals surface area contributed by atoms with E-state index in [-0.39, 0.29) is 57.1 Å². The first-order valence-corrected chi connectivity index (χ1v) is 12.9. The molecule has 0 amide bonds. The van der Waals surface area contributed by atoms with Crippen LogP contribution in [0.5, 0.6) is 17.2 Å². The van der Waals surface area contributed by atoms with Gasteiger partial charge in [-0.2, -0.15) is 8.42 Å². The van der Waals surface area contributed by atoms with Crippen molar-refractivity contribution in [2.45, 2.75) is 88.9 Å². The Kier molecular flexibility index (Phi) is 15.0. The summed E-state index contributed by atoms with van der Waals surface area (Å²) >= 11 is 0. The smallest absolute Gasteiger partial charge is 0.871 e. The third-order valence-corrected chi connectivity index (χ3v) is 6.37. The van der Waals surface area contributed by atoms with Gasteiger partial charge in [-0.05, 0) is 42.7 Å². The van der Waals surface area contributed by atoms with E-state index in [4.69, 9.17) is 4.74 Å². The van der Waals surface area contributed by atoms with Crippen molar-refractivity contribution in [2.75, 3.05) is 0 Å². The first-order chi connectivity index (χ1) is 14.9. The van der Waals surface area contributed by atoms with E-state index in [0.29, 0.717) is 17.7 Å². The number of ether oxygens (including phenoxy) is 1. The molecule has 0 bridgehead atoms. The van der Waals surface area contributed by atoms with Crippen molar-refractivity contribution in [1.82, 2.24) is 0 Å². The van der Waals surface area contributed by atoms with E-state index in [1.54, 1.807) is 18.2 Å². The molecular formula is C25H35KO5S. The molecule has 0 radical (unpaired) electrons. The molecule has 1 N–H and O–H groups in total. The zero-order valence-electron chi connectivity index (χ0n) is 19.5. The van der Waals surface area contributed by atoms with Crippen molar-refractivity contribution in [2.24, 2.45) is 0 Å². The van der Waals surface area contributed by atoms with Crippen molar-refractivity contribution in [3.63, 3.8) is 0 Å². The van der Waals surface area contributed by atoms with Crippen LogP contribution < -0.4 is 61.2 Å². The fraction of sp³-hybridized carbons (Fsp3) is 0.520. The maximum Gasteiger partial charge on any atom is 1.00 e.